The van der Waals surface area contributed by atoms with Gasteiger partial charge in [-0.1, -0.05) is 0 Å². The number of nitrogens with one attached hydrogen (secondary N) is 1. The zero-order chi connectivity index (χ0) is 5.40. The summed E-state index contributed by atoms with van der Waals surface area (Å²) >= 11 is 0. The van der Waals surface area contributed by atoms with Gasteiger partial charge in [0.25, 0.3) is 0 Å². The number of hydrogen-bond donors (Lipinski definition) is 1. The van der Waals surface area contributed by atoms with Gasteiger partial charge < -0.3 is 10.1 Å². The first-order valence-electron chi connectivity index (χ1n) is 3.29. The van der Waals surface area contributed by atoms with Gasteiger partial charge in [0, 0.05) is 25.6 Å². The summed E-state index contributed by atoms with van der Waals surface area (Å²) in [5.41, 5.74) is 0. The smallest absolute Gasteiger partial charge is 0.0740 e. The van der Waals surface area contributed by atoms with Crippen molar-refractivity contribution in [3.05, 3.63) is 0 Å². The van der Waals surface area contributed by atoms with Gasteiger partial charge in [0.15, 0.2) is 0 Å². The van der Waals surface area contributed by atoms with Crippen molar-refractivity contribution in [2.75, 3.05) is 19.7 Å². The van der Waals surface area contributed by atoms with E-state index in [2.05, 4.69) is 5.32 Å². The van der Waals surface area contributed by atoms with E-state index in [4.69, 9.17) is 4.74 Å². The summed E-state index contributed by atoms with van der Waals surface area (Å²) in [5, 5.41) is 3.30. The number of ether oxygens (including phenoxy) is 1. The lowest BCUT2D eigenvalue weighted by Gasteiger charge is -2.02. The maximum absolute atomic E-state index is 5.41. The second-order valence-electron chi connectivity index (χ2n) is 2.62. The largest absolute Gasteiger partial charge is 0.377 e. The fourth-order valence-corrected chi connectivity index (χ4v) is 1.56. The highest BCUT2D eigenvalue weighted by atomic mass is 35.5. The van der Waals surface area contributed by atoms with E-state index in [0.29, 0.717) is 6.10 Å². The maximum atomic E-state index is 5.41. The highest BCUT2D eigenvalue weighted by molar-refractivity contribution is 5.85. The Bertz CT molecular complexity index is 79.1. The number of fused-ring (bicyclic) bond motifs is 1. The van der Waals surface area contributed by atoms with Crippen LogP contribution in [-0.4, -0.2) is 25.8 Å². The first kappa shape index (κ1) is 7.32. The summed E-state index contributed by atoms with van der Waals surface area (Å²) in [6, 6.07) is 0. The molecule has 1 N–H and O–H groups in total. The third kappa shape index (κ3) is 1.20. The molecule has 2 heterocycles. The Morgan fingerprint density at radius 2 is 2.22 bits per heavy atom. The van der Waals surface area contributed by atoms with Gasteiger partial charge in [0.05, 0.1) is 6.10 Å². The lowest BCUT2D eigenvalue weighted by atomic mass is 10.1. The van der Waals surface area contributed by atoms with Crippen LogP contribution in [0, 0.1) is 5.92 Å². The van der Waals surface area contributed by atoms with Gasteiger partial charge in [-0.25, -0.2) is 0 Å². The van der Waals surface area contributed by atoms with E-state index >= 15 is 0 Å². The summed E-state index contributed by atoms with van der Waals surface area (Å²) in [5.74, 6) is 0.843. The van der Waals surface area contributed by atoms with Crippen LogP contribution in [0.25, 0.3) is 0 Å². The molecule has 0 aromatic rings. The summed E-state index contributed by atoms with van der Waals surface area (Å²) in [6.07, 6.45) is 1.84. The normalized spacial score (nSPS) is 40.0. The third-order valence-corrected chi connectivity index (χ3v) is 2.10. The van der Waals surface area contributed by atoms with Crippen LogP contribution < -0.4 is 5.32 Å². The zero-order valence-electron chi connectivity index (χ0n) is 5.30. The molecule has 2 saturated heterocycles. The van der Waals surface area contributed by atoms with Crippen molar-refractivity contribution in [1.29, 1.82) is 0 Å². The molecule has 2 fully saturated rings. The first-order chi connectivity index (χ1) is 3.97. The molecule has 2 rings (SSSR count). The van der Waals surface area contributed by atoms with Crippen LogP contribution in [0.5, 0.6) is 0 Å². The van der Waals surface area contributed by atoms with Gasteiger partial charge in [0.2, 0.25) is 0 Å². The monoisotopic (exact) mass is 149 g/mol. The molecule has 0 radical (unpaired) electrons. The van der Waals surface area contributed by atoms with Gasteiger partial charge in [0.1, 0.15) is 0 Å². The van der Waals surface area contributed by atoms with E-state index in [0.717, 1.165) is 19.1 Å². The van der Waals surface area contributed by atoms with E-state index in [1.807, 2.05) is 0 Å². The number of hydrogen-bond acceptors (Lipinski definition) is 2. The molecule has 0 spiro atoms. The predicted octanol–water partition coefficient (Wildman–Crippen LogP) is 0.416. The van der Waals surface area contributed by atoms with Gasteiger partial charge in [-0.2, -0.15) is 0 Å². The molecule has 2 aliphatic heterocycles. The second-order valence-corrected chi connectivity index (χ2v) is 2.62. The second kappa shape index (κ2) is 2.86. The predicted molar refractivity (Wildman–Crippen MR) is 38.0 cm³/mol. The van der Waals surface area contributed by atoms with Crippen molar-refractivity contribution in [1.82, 2.24) is 5.32 Å². The maximum Gasteiger partial charge on any atom is 0.0740 e. The molecule has 3 heteroatoms. The van der Waals surface area contributed by atoms with Crippen molar-refractivity contribution in [2.24, 2.45) is 5.92 Å². The molecular weight excluding hydrogens is 138 g/mol. The van der Waals surface area contributed by atoms with Crippen LogP contribution in [0.4, 0.5) is 0 Å². The zero-order valence-corrected chi connectivity index (χ0v) is 6.12. The Kier molecular flexibility index (Phi) is 2.33. The van der Waals surface area contributed by atoms with Crippen molar-refractivity contribution in [2.45, 2.75) is 12.5 Å². The van der Waals surface area contributed by atoms with E-state index in [1.54, 1.807) is 0 Å². The fourth-order valence-electron chi connectivity index (χ4n) is 1.56. The minimum absolute atomic E-state index is 0. The standard InChI is InChI=1S/C6H11NO.ClH/c1-2-8-6-4-7-3-5(1)6;/h5-7H,1-4H2;1H/t5-,6+;/m1./s1. The van der Waals surface area contributed by atoms with Gasteiger partial charge >= 0.3 is 0 Å². The molecule has 2 nitrogen and oxygen atoms in total. The summed E-state index contributed by atoms with van der Waals surface area (Å²) in [4.78, 5) is 0. The van der Waals surface area contributed by atoms with Crippen LogP contribution in [0.1, 0.15) is 6.42 Å². The molecule has 0 aromatic heterocycles. The van der Waals surface area contributed by atoms with Crippen LogP contribution in [-0.2, 0) is 4.74 Å². The van der Waals surface area contributed by atoms with Crippen molar-refractivity contribution in [3.8, 4) is 0 Å². The highest BCUT2D eigenvalue weighted by Gasteiger charge is 2.31. The summed E-state index contributed by atoms with van der Waals surface area (Å²) < 4.78 is 5.41. The van der Waals surface area contributed by atoms with E-state index in [1.165, 1.54) is 13.0 Å². The lowest BCUT2D eigenvalue weighted by Crippen LogP contribution is -2.14. The quantitative estimate of drug-likeness (QED) is 0.539. The molecule has 0 unspecified atom stereocenters. The molecule has 0 aliphatic carbocycles. The molecule has 0 aromatic carbocycles. The Morgan fingerprint density at radius 3 is 3.00 bits per heavy atom. The van der Waals surface area contributed by atoms with E-state index in [9.17, 15) is 0 Å². The highest BCUT2D eigenvalue weighted by Crippen LogP contribution is 2.22. The Hall–Kier alpha value is 0.210. The number of halogens is 1. The topological polar surface area (TPSA) is 21.3 Å². The first-order valence-corrected chi connectivity index (χ1v) is 3.29. The SMILES string of the molecule is C1C[C@@H]2CNC[C@@H]2O1.Cl. The average Bonchev–Trinajstić information content (AvgIpc) is 2.15. The van der Waals surface area contributed by atoms with Crippen LogP contribution in [0.3, 0.4) is 0 Å². The summed E-state index contributed by atoms with van der Waals surface area (Å²) in [6.45, 7) is 3.27. The molecular formula is C6H12ClNO. The Balaban J connectivity index is 0.000000405. The minimum Gasteiger partial charge on any atom is -0.377 e. The molecule has 0 bridgehead atoms. The molecule has 9 heavy (non-hydrogen) atoms. The van der Waals surface area contributed by atoms with Gasteiger partial charge in [-0.05, 0) is 6.42 Å². The molecule has 0 saturated carbocycles. The van der Waals surface area contributed by atoms with E-state index in [-0.39, 0.29) is 12.4 Å². The van der Waals surface area contributed by atoms with Crippen molar-refractivity contribution >= 4 is 12.4 Å². The van der Waals surface area contributed by atoms with E-state index < -0.39 is 0 Å². The van der Waals surface area contributed by atoms with Crippen LogP contribution in [0.2, 0.25) is 0 Å². The van der Waals surface area contributed by atoms with Gasteiger partial charge in [-0.3, -0.25) is 0 Å². The molecule has 2 aliphatic rings. The third-order valence-electron chi connectivity index (χ3n) is 2.10. The lowest BCUT2D eigenvalue weighted by molar-refractivity contribution is 0.112. The van der Waals surface area contributed by atoms with Crippen molar-refractivity contribution < 1.29 is 4.74 Å². The van der Waals surface area contributed by atoms with Crippen molar-refractivity contribution in [3.63, 3.8) is 0 Å². The number of rotatable bonds is 0. The average molecular weight is 150 g/mol. The van der Waals surface area contributed by atoms with Gasteiger partial charge in [-0.15, -0.1) is 12.4 Å². The minimum atomic E-state index is 0. The molecule has 0 amide bonds. The Labute approximate surface area is 61.4 Å². The Morgan fingerprint density at radius 1 is 1.33 bits per heavy atom. The fraction of sp³-hybridized carbons (Fsp3) is 1.00. The molecule has 54 valence electrons. The molecule has 2 atom stereocenters. The summed E-state index contributed by atoms with van der Waals surface area (Å²) in [7, 11) is 0. The van der Waals surface area contributed by atoms with Crippen LogP contribution >= 0.6 is 12.4 Å². The van der Waals surface area contributed by atoms with Crippen LogP contribution in [0.15, 0.2) is 0 Å².